The van der Waals surface area contributed by atoms with Crippen molar-refractivity contribution in [1.29, 1.82) is 0 Å². The molecule has 0 aromatic heterocycles. The van der Waals surface area contributed by atoms with E-state index in [9.17, 15) is 17.2 Å². The molecule has 0 saturated carbocycles. The average molecular weight is 612 g/mol. The topological polar surface area (TPSA) is 118 Å². The largest absolute Gasteiger partial charge is 0.392 e. The zero-order valence-corrected chi connectivity index (χ0v) is 20.8. The van der Waals surface area contributed by atoms with Crippen molar-refractivity contribution in [3.63, 3.8) is 0 Å². The van der Waals surface area contributed by atoms with Gasteiger partial charge in [-0.2, -0.15) is 8.42 Å². The highest BCUT2D eigenvalue weighted by atomic mass is 79.9. The van der Waals surface area contributed by atoms with Gasteiger partial charge in [-0.25, -0.2) is 8.78 Å². The molecule has 2 aliphatic rings. The van der Waals surface area contributed by atoms with Crippen molar-refractivity contribution in [1.82, 2.24) is 0 Å². The van der Waals surface area contributed by atoms with Gasteiger partial charge in [-0.05, 0) is 56.1 Å². The van der Waals surface area contributed by atoms with Crippen LogP contribution in [0.25, 0.3) is 0 Å². The molecular weight excluding hydrogens is 594 g/mol. The van der Waals surface area contributed by atoms with Crippen molar-refractivity contribution >= 4 is 53.4 Å². The average Bonchev–Trinajstić information content (AvgIpc) is 3.41. The molecular formula is C20H18Br2F2N2O6S. The Morgan fingerprint density at radius 3 is 1.76 bits per heavy atom. The first-order valence-electron chi connectivity index (χ1n) is 9.48. The minimum Gasteiger partial charge on any atom is -0.392 e. The lowest BCUT2D eigenvalue weighted by atomic mass is 10.1. The van der Waals surface area contributed by atoms with Gasteiger partial charge in [-0.15, -0.1) is 0 Å². The molecule has 4 rings (SSSR count). The van der Waals surface area contributed by atoms with E-state index in [1.54, 1.807) is 18.2 Å². The molecule has 2 N–H and O–H groups in total. The molecule has 2 aliphatic heterocycles. The highest BCUT2D eigenvalue weighted by Crippen LogP contribution is 2.23. The molecule has 0 radical (unpaired) electrons. The van der Waals surface area contributed by atoms with Crippen molar-refractivity contribution in [3.05, 3.63) is 68.1 Å². The van der Waals surface area contributed by atoms with Gasteiger partial charge in [-0.1, -0.05) is 22.4 Å². The minimum absolute atomic E-state index is 0.0774. The minimum atomic E-state index is -4.11. The first-order chi connectivity index (χ1) is 15.6. The standard InChI is InChI=1S/C10H9BrFNO4S.C10H9BrFNO2/c11-8-2-1-6(3-9(8)12)10-4-7(17-13-10)5-18(14,15)16;11-8-2-1-6(3-9(8)12)10-4-7(5-14)15-13-10/h1-3,7H,4-5H2,(H,14,15,16);1-3,7,14H,4-5H2. The Morgan fingerprint density at radius 2 is 1.36 bits per heavy atom. The summed E-state index contributed by atoms with van der Waals surface area (Å²) in [5.74, 6) is -1.30. The first kappa shape index (κ1) is 25.7. The Morgan fingerprint density at radius 1 is 0.909 bits per heavy atom. The second kappa shape index (κ2) is 11.0. The van der Waals surface area contributed by atoms with Crippen LogP contribution in [0.3, 0.4) is 0 Å². The number of aliphatic hydroxyl groups is 1. The second-order valence-electron chi connectivity index (χ2n) is 7.13. The van der Waals surface area contributed by atoms with Crippen LogP contribution in [0, 0.1) is 11.6 Å². The van der Waals surface area contributed by atoms with Gasteiger partial charge in [0.1, 0.15) is 23.5 Å². The number of rotatable bonds is 5. The summed E-state index contributed by atoms with van der Waals surface area (Å²) in [6.45, 7) is -0.0774. The molecule has 2 unspecified atom stereocenters. The smallest absolute Gasteiger partial charge is 0.268 e. The van der Waals surface area contributed by atoms with Crippen molar-refractivity contribution in [3.8, 4) is 0 Å². The molecule has 0 spiro atoms. The van der Waals surface area contributed by atoms with Crippen LogP contribution >= 0.6 is 31.9 Å². The van der Waals surface area contributed by atoms with Crippen molar-refractivity contribution in [2.75, 3.05) is 12.4 Å². The van der Waals surface area contributed by atoms with Gasteiger partial charge >= 0.3 is 0 Å². The van der Waals surface area contributed by atoms with E-state index < -0.39 is 27.8 Å². The lowest BCUT2D eigenvalue weighted by Gasteiger charge is -2.04. The number of hydrogen-bond donors (Lipinski definition) is 2. The number of oxime groups is 2. The van der Waals surface area contributed by atoms with E-state index in [1.165, 1.54) is 18.2 Å². The quantitative estimate of drug-likeness (QED) is 0.493. The normalized spacial score (nSPS) is 19.7. The fourth-order valence-electron chi connectivity index (χ4n) is 2.97. The molecule has 0 saturated heterocycles. The highest BCUT2D eigenvalue weighted by Gasteiger charge is 2.27. The predicted molar refractivity (Wildman–Crippen MR) is 124 cm³/mol. The second-order valence-corrected chi connectivity index (χ2v) is 10.3. The number of benzene rings is 2. The van der Waals surface area contributed by atoms with Gasteiger partial charge < -0.3 is 14.8 Å². The molecule has 0 aliphatic carbocycles. The van der Waals surface area contributed by atoms with Crippen LogP contribution in [0.15, 0.2) is 55.7 Å². The van der Waals surface area contributed by atoms with Crippen molar-refractivity contribution < 1.29 is 36.5 Å². The summed E-state index contributed by atoms with van der Waals surface area (Å²) in [7, 11) is -4.11. The monoisotopic (exact) mass is 610 g/mol. The van der Waals surface area contributed by atoms with Gasteiger partial charge in [-0.3, -0.25) is 4.55 Å². The molecule has 8 nitrogen and oxygen atoms in total. The Balaban J connectivity index is 0.000000189. The zero-order valence-electron chi connectivity index (χ0n) is 16.8. The fourth-order valence-corrected chi connectivity index (χ4v) is 4.11. The number of hydrogen-bond acceptors (Lipinski definition) is 7. The van der Waals surface area contributed by atoms with Gasteiger partial charge in [0, 0.05) is 24.0 Å². The van der Waals surface area contributed by atoms with Crippen LogP contribution in [0.1, 0.15) is 24.0 Å². The lowest BCUT2D eigenvalue weighted by molar-refractivity contribution is 0.0390. The number of halogens is 4. The van der Waals surface area contributed by atoms with Crippen LogP contribution in [0.5, 0.6) is 0 Å². The summed E-state index contributed by atoms with van der Waals surface area (Å²) >= 11 is 6.11. The maximum Gasteiger partial charge on any atom is 0.268 e. The van der Waals surface area contributed by atoms with Gasteiger partial charge in [0.05, 0.1) is 27.0 Å². The Hall–Kier alpha value is -1.93. The van der Waals surface area contributed by atoms with E-state index in [-0.39, 0.29) is 24.9 Å². The molecule has 2 atom stereocenters. The summed E-state index contributed by atoms with van der Waals surface area (Å²) in [6.07, 6.45) is -0.313. The van der Waals surface area contributed by atoms with Crippen LogP contribution < -0.4 is 0 Å². The van der Waals surface area contributed by atoms with Gasteiger partial charge in [0.2, 0.25) is 0 Å². The SMILES string of the molecule is O=S(=O)(O)CC1CC(c2ccc(Br)c(F)c2)=NO1.OCC1CC(c2ccc(Br)c(F)c2)=NO1. The van der Waals surface area contributed by atoms with Crippen LogP contribution in [-0.4, -0.2) is 54.1 Å². The summed E-state index contributed by atoms with van der Waals surface area (Å²) in [4.78, 5) is 9.82. The summed E-state index contributed by atoms with van der Waals surface area (Å²) in [6, 6.07) is 9.23. The summed E-state index contributed by atoms with van der Waals surface area (Å²) in [5, 5.41) is 16.4. The van der Waals surface area contributed by atoms with Crippen LogP contribution in [0.2, 0.25) is 0 Å². The van der Waals surface area contributed by atoms with Crippen molar-refractivity contribution in [2.24, 2.45) is 10.3 Å². The van der Waals surface area contributed by atoms with E-state index in [1.807, 2.05) is 0 Å². The predicted octanol–water partition coefficient (Wildman–Crippen LogP) is 4.04. The fraction of sp³-hybridized carbons (Fsp3) is 0.300. The number of aliphatic hydroxyl groups excluding tert-OH is 1. The third-order valence-electron chi connectivity index (χ3n) is 4.57. The van der Waals surface area contributed by atoms with E-state index in [0.29, 0.717) is 37.9 Å². The first-order valence-corrected chi connectivity index (χ1v) is 12.7. The van der Waals surface area contributed by atoms with Crippen molar-refractivity contribution in [2.45, 2.75) is 25.0 Å². The lowest BCUT2D eigenvalue weighted by Crippen LogP contribution is -2.20. The zero-order chi connectivity index (χ0) is 24.2. The number of nitrogens with zero attached hydrogens (tertiary/aromatic N) is 2. The molecule has 0 amide bonds. The summed E-state index contributed by atoms with van der Waals surface area (Å²) in [5.41, 5.74) is 2.33. The molecule has 13 heteroatoms. The molecule has 2 heterocycles. The Labute approximate surface area is 205 Å². The van der Waals surface area contributed by atoms with E-state index in [2.05, 4.69) is 42.2 Å². The van der Waals surface area contributed by atoms with E-state index >= 15 is 0 Å². The van der Waals surface area contributed by atoms with Crippen LogP contribution in [0.4, 0.5) is 8.78 Å². The van der Waals surface area contributed by atoms with E-state index in [4.69, 9.17) is 19.3 Å². The maximum absolute atomic E-state index is 13.3. The molecule has 0 fully saturated rings. The van der Waals surface area contributed by atoms with Gasteiger partial charge in [0.25, 0.3) is 10.1 Å². The molecule has 0 bridgehead atoms. The summed E-state index contributed by atoms with van der Waals surface area (Å²) < 4.78 is 57.4. The Kier molecular flexibility index (Phi) is 8.56. The molecule has 2 aromatic rings. The molecule has 178 valence electrons. The molecule has 2 aromatic carbocycles. The molecule has 33 heavy (non-hydrogen) atoms. The van der Waals surface area contributed by atoms with Crippen LogP contribution in [-0.2, 0) is 19.8 Å². The van der Waals surface area contributed by atoms with E-state index in [0.717, 1.165) is 0 Å². The third kappa shape index (κ3) is 7.27. The highest BCUT2D eigenvalue weighted by molar-refractivity contribution is 9.10. The maximum atomic E-state index is 13.3. The Bertz CT molecular complexity index is 1190. The van der Waals surface area contributed by atoms with Gasteiger partial charge in [0.15, 0.2) is 6.10 Å². The third-order valence-corrected chi connectivity index (χ3v) is 6.65.